The van der Waals surface area contributed by atoms with E-state index in [9.17, 15) is 9.59 Å². The Labute approximate surface area is 157 Å². The number of hydrogen-bond donors (Lipinski definition) is 0. The van der Waals surface area contributed by atoms with Crippen molar-refractivity contribution in [2.45, 2.75) is 54.4 Å². The highest BCUT2D eigenvalue weighted by atomic mass is 16.1. The Hall–Kier alpha value is -2.22. The van der Waals surface area contributed by atoms with E-state index in [1.54, 1.807) is 0 Å². The monoisotopic (exact) mass is 350 g/mol. The fourth-order valence-electron chi connectivity index (χ4n) is 2.80. The molecule has 0 bridgehead atoms. The predicted molar refractivity (Wildman–Crippen MR) is 108 cm³/mol. The Kier molecular flexibility index (Phi) is 5.85. The molecule has 2 nitrogen and oxygen atoms in total. The van der Waals surface area contributed by atoms with Crippen molar-refractivity contribution < 1.29 is 9.59 Å². The molecule has 26 heavy (non-hydrogen) atoms. The molecule has 0 amide bonds. The van der Waals surface area contributed by atoms with Crippen molar-refractivity contribution in [1.82, 2.24) is 0 Å². The van der Waals surface area contributed by atoms with Crippen molar-refractivity contribution >= 4 is 11.6 Å². The maximum Gasteiger partial charge on any atom is 0.168 e. The highest BCUT2D eigenvalue weighted by Crippen LogP contribution is 2.22. The number of benzene rings is 2. The predicted octanol–water partition coefficient (Wildman–Crippen LogP) is 5.93. The number of carbonyl (C=O) groups is 2. The molecule has 0 saturated carbocycles. The third-order valence-corrected chi connectivity index (χ3v) is 4.50. The van der Waals surface area contributed by atoms with Gasteiger partial charge < -0.3 is 0 Å². The molecule has 0 atom stereocenters. The quantitative estimate of drug-likeness (QED) is 0.626. The lowest BCUT2D eigenvalue weighted by molar-refractivity contribution is 0.0852. The van der Waals surface area contributed by atoms with E-state index in [0.717, 1.165) is 24.0 Å². The van der Waals surface area contributed by atoms with E-state index in [1.165, 1.54) is 11.1 Å². The van der Waals surface area contributed by atoms with Gasteiger partial charge in [-0.2, -0.15) is 0 Å². The number of aryl methyl sites for hydroxylation is 2. The summed E-state index contributed by atoms with van der Waals surface area (Å²) in [6, 6.07) is 15.9. The highest BCUT2D eigenvalue weighted by molar-refractivity contribution is 6.00. The van der Waals surface area contributed by atoms with Gasteiger partial charge in [0.1, 0.15) is 0 Å². The first kappa shape index (κ1) is 20.1. The molecule has 0 aliphatic carbocycles. The fourth-order valence-corrected chi connectivity index (χ4v) is 2.80. The molecular weight excluding hydrogens is 320 g/mol. The number of hydrogen-bond acceptors (Lipinski definition) is 2. The van der Waals surface area contributed by atoms with Crippen molar-refractivity contribution in [2.75, 3.05) is 0 Å². The van der Waals surface area contributed by atoms with E-state index in [4.69, 9.17) is 0 Å². The number of ketones is 2. The highest BCUT2D eigenvalue weighted by Gasteiger charge is 2.23. The maximum absolute atomic E-state index is 12.3. The summed E-state index contributed by atoms with van der Waals surface area (Å²) in [6.07, 6.45) is 1.83. The second-order valence-corrected chi connectivity index (χ2v) is 9.05. The summed E-state index contributed by atoms with van der Waals surface area (Å²) in [5.74, 6) is 0.339. The third kappa shape index (κ3) is 5.14. The summed E-state index contributed by atoms with van der Waals surface area (Å²) < 4.78 is 0. The lowest BCUT2D eigenvalue weighted by Crippen LogP contribution is -2.20. The molecule has 138 valence electrons. The zero-order valence-corrected chi connectivity index (χ0v) is 16.8. The van der Waals surface area contributed by atoms with Crippen LogP contribution in [0.5, 0.6) is 0 Å². The molecule has 0 saturated heterocycles. The molecule has 0 heterocycles. The van der Waals surface area contributed by atoms with Crippen molar-refractivity contribution in [3.8, 4) is 0 Å². The molecule has 0 N–H and O–H groups in total. The number of Topliss-reactive ketones (excluding diaryl/α,β-unsaturated/α-hetero) is 2. The summed E-state index contributed by atoms with van der Waals surface area (Å²) >= 11 is 0. The normalized spacial score (nSPS) is 12.1. The van der Waals surface area contributed by atoms with Gasteiger partial charge in [0, 0.05) is 22.0 Å². The molecule has 0 aliphatic heterocycles. The average Bonchev–Trinajstić information content (AvgIpc) is 2.58. The lowest BCUT2D eigenvalue weighted by atomic mass is 9.86. The molecule has 2 aromatic rings. The molecule has 2 rings (SSSR count). The first-order valence-corrected chi connectivity index (χ1v) is 9.26. The van der Waals surface area contributed by atoms with Crippen LogP contribution < -0.4 is 0 Å². The Morgan fingerprint density at radius 2 is 0.846 bits per heavy atom. The van der Waals surface area contributed by atoms with Crippen LogP contribution in [0.2, 0.25) is 0 Å². The van der Waals surface area contributed by atoms with Crippen molar-refractivity contribution in [3.63, 3.8) is 0 Å². The number of rotatable bonds is 5. The van der Waals surface area contributed by atoms with Gasteiger partial charge in [-0.05, 0) is 24.0 Å². The third-order valence-electron chi connectivity index (χ3n) is 4.50. The van der Waals surface area contributed by atoms with Gasteiger partial charge in [-0.15, -0.1) is 0 Å². The van der Waals surface area contributed by atoms with Gasteiger partial charge in [0.2, 0.25) is 0 Å². The minimum Gasteiger partial charge on any atom is -0.294 e. The zero-order valence-electron chi connectivity index (χ0n) is 16.8. The van der Waals surface area contributed by atoms with E-state index in [-0.39, 0.29) is 22.4 Å². The average molecular weight is 351 g/mol. The second-order valence-electron chi connectivity index (χ2n) is 9.05. The summed E-state index contributed by atoms with van der Waals surface area (Å²) in [4.78, 5) is 24.6. The van der Waals surface area contributed by atoms with Crippen molar-refractivity contribution in [3.05, 3.63) is 70.8 Å². The zero-order chi connectivity index (χ0) is 19.5. The van der Waals surface area contributed by atoms with Crippen LogP contribution in [0.3, 0.4) is 0 Å². The van der Waals surface area contributed by atoms with Crippen LogP contribution >= 0.6 is 0 Å². The second kappa shape index (κ2) is 7.57. The minimum atomic E-state index is -0.353. The number of carbonyl (C=O) groups excluding carboxylic acids is 2. The Balaban J connectivity index is 1.99. The molecular formula is C24H30O2. The first-order valence-electron chi connectivity index (χ1n) is 9.26. The largest absolute Gasteiger partial charge is 0.294 e. The SMILES string of the molecule is CC(C)(C)C(=O)c1ccc(CCc2ccc(C(=O)C(C)(C)C)cc2)cc1. The summed E-state index contributed by atoms with van der Waals surface area (Å²) in [7, 11) is 0. The molecule has 0 fully saturated rings. The van der Waals surface area contributed by atoms with Gasteiger partial charge in [-0.3, -0.25) is 9.59 Å². The molecule has 0 radical (unpaired) electrons. The van der Waals surface area contributed by atoms with Crippen molar-refractivity contribution in [1.29, 1.82) is 0 Å². The van der Waals surface area contributed by atoms with Crippen LogP contribution in [0.1, 0.15) is 73.4 Å². The standard InChI is InChI=1S/C24H30O2/c1-23(2,3)21(25)19-13-9-17(10-14-19)7-8-18-11-15-20(16-12-18)22(26)24(4,5)6/h9-16H,7-8H2,1-6H3. The summed E-state index contributed by atoms with van der Waals surface area (Å²) in [5, 5.41) is 0. The molecule has 0 aliphatic rings. The molecule has 0 unspecified atom stereocenters. The van der Waals surface area contributed by atoms with Gasteiger partial charge in [0.15, 0.2) is 11.6 Å². The van der Waals surface area contributed by atoms with E-state index in [0.29, 0.717) is 0 Å². The summed E-state index contributed by atoms with van der Waals surface area (Å²) in [5.41, 5.74) is 3.26. The van der Waals surface area contributed by atoms with Crippen LogP contribution in [-0.2, 0) is 12.8 Å². The molecule has 2 heteroatoms. The van der Waals surface area contributed by atoms with Crippen LogP contribution in [0, 0.1) is 10.8 Å². The van der Waals surface area contributed by atoms with Gasteiger partial charge in [-0.25, -0.2) is 0 Å². The van der Waals surface area contributed by atoms with Crippen LogP contribution in [0.15, 0.2) is 48.5 Å². The Morgan fingerprint density at radius 1 is 0.577 bits per heavy atom. The summed E-state index contributed by atoms with van der Waals surface area (Å²) in [6.45, 7) is 11.7. The molecule has 0 spiro atoms. The van der Waals surface area contributed by atoms with E-state index in [2.05, 4.69) is 0 Å². The van der Waals surface area contributed by atoms with E-state index >= 15 is 0 Å². The Morgan fingerprint density at radius 3 is 1.08 bits per heavy atom. The van der Waals surface area contributed by atoms with Gasteiger partial charge in [0.05, 0.1) is 0 Å². The van der Waals surface area contributed by atoms with Gasteiger partial charge >= 0.3 is 0 Å². The van der Waals surface area contributed by atoms with E-state index < -0.39 is 0 Å². The minimum absolute atomic E-state index is 0.170. The first-order chi connectivity index (χ1) is 12.0. The smallest absolute Gasteiger partial charge is 0.168 e. The topological polar surface area (TPSA) is 34.1 Å². The fraction of sp³-hybridized carbons (Fsp3) is 0.417. The van der Waals surface area contributed by atoms with Crippen molar-refractivity contribution in [2.24, 2.45) is 10.8 Å². The van der Waals surface area contributed by atoms with Gasteiger partial charge in [-0.1, -0.05) is 90.1 Å². The van der Waals surface area contributed by atoms with Crippen LogP contribution in [-0.4, -0.2) is 11.6 Å². The molecule has 2 aromatic carbocycles. The lowest BCUT2D eigenvalue weighted by Gasteiger charge is -2.17. The maximum atomic E-state index is 12.3. The Bertz CT molecular complexity index is 697. The molecule has 0 aromatic heterocycles. The van der Waals surface area contributed by atoms with Gasteiger partial charge in [0.25, 0.3) is 0 Å². The van der Waals surface area contributed by atoms with E-state index in [1.807, 2.05) is 90.1 Å². The van der Waals surface area contributed by atoms with Crippen LogP contribution in [0.4, 0.5) is 0 Å². The van der Waals surface area contributed by atoms with Crippen LogP contribution in [0.25, 0.3) is 0 Å².